The van der Waals surface area contributed by atoms with Gasteiger partial charge in [-0.25, -0.2) is 9.59 Å². The van der Waals surface area contributed by atoms with E-state index in [1.807, 2.05) is 6.92 Å². The first-order chi connectivity index (χ1) is 12.4. The molecule has 1 aromatic carbocycles. The lowest BCUT2D eigenvalue weighted by molar-refractivity contribution is -0.139. The topological polar surface area (TPSA) is 105 Å². The van der Waals surface area contributed by atoms with Gasteiger partial charge in [-0.2, -0.15) is 0 Å². The standard InChI is InChI=1S/C17H19ClN2O6/c1-3-5-20-16(23)12(19-17(20)24)7-10-6-11(18)15(26-9-14(21)22)13(8-10)25-4-2/h6-8H,3-5,9H2,1-2H3,(H,19,24)(H,21,22)/b12-7+. The molecule has 0 bridgehead atoms. The summed E-state index contributed by atoms with van der Waals surface area (Å²) in [5.41, 5.74) is 0.629. The van der Waals surface area contributed by atoms with Gasteiger partial charge in [0.2, 0.25) is 0 Å². The van der Waals surface area contributed by atoms with E-state index >= 15 is 0 Å². The van der Waals surface area contributed by atoms with E-state index in [4.69, 9.17) is 26.2 Å². The fraction of sp³-hybridized carbons (Fsp3) is 0.353. The first-order valence-corrected chi connectivity index (χ1v) is 8.40. The molecular weight excluding hydrogens is 364 g/mol. The van der Waals surface area contributed by atoms with Gasteiger partial charge in [0.25, 0.3) is 5.91 Å². The van der Waals surface area contributed by atoms with Gasteiger partial charge in [0, 0.05) is 6.54 Å². The van der Waals surface area contributed by atoms with E-state index in [2.05, 4.69) is 5.32 Å². The smallest absolute Gasteiger partial charge is 0.341 e. The second kappa shape index (κ2) is 8.57. The molecule has 1 aromatic rings. The molecule has 0 spiro atoms. The number of benzene rings is 1. The molecule has 1 saturated heterocycles. The average Bonchev–Trinajstić information content (AvgIpc) is 2.82. The molecule has 9 heteroatoms. The monoisotopic (exact) mass is 382 g/mol. The van der Waals surface area contributed by atoms with E-state index in [0.717, 1.165) is 4.90 Å². The number of urea groups is 1. The zero-order chi connectivity index (χ0) is 19.3. The van der Waals surface area contributed by atoms with Crippen LogP contribution in [-0.2, 0) is 9.59 Å². The van der Waals surface area contributed by atoms with Crippen molar-refractivity contribution in [2.75, 3.05) is 19.8 Å². The molecule has 0 unspecified atom stereocenters. The Morgan fingerprint density at radius 1 is 1.31 bits per heavy atom. The summed E-state index contributed by atoms with van der Waals surface area (Å²) in [7, 11) is 0. The van der Waals surface area contributed by atoms with E-state index in [9.17, 15) is 14.4 Å². The number of hydrogen-bond donors (Lipinski definition) is 2. The molecular formula is C17H19ClN2O6. The Kier molecular flexibility index (Phi) is 6.46. The Hall–Kier alpha value is -2.74. The van der Waals surface area contributed by atoms with E-state index in [-0.39, 0.29) is 22.2 Å². The Morgan fingerprint density at radius 3 is 2.65 bits per heavy atom. The molecule has 1 fully saturated rings. The summed E-state index contributed by atoms with van der Waals surface area (Å²) in [4.78, 5) is 35.9. The van der Waals surface area contributed by atoms with Gasteiger partial charge in [-0.15, -0.1) is 0 Å². The Labute approximate surface area is 155 Å². The van der Waals surface area contributed by atoms with Gasteiger partial charge in [-0.1, -0.05) is 18.5 Å². The van der Waals surface area contributed by atoms with Crippen molar-refractivity contribution < 1.29 is 29.0 Å². The lowest BCUT2D eigenvalue weighted by Crippen LogP contribution is -2.31. The molecule has 2 rings (SSSR count). The summed E-state index contributed by atoms with van der Waals surface area (Å²) in [5, 5.41) is 11.4. The van der Waals surface area contributed by atoms with E-state index in [1.54, 1.807) is 13.0 Å². The number of aliphatic carboxylic acids is 1. The SMILES string of the molecule is CCCN1C(=O)N/C(=C/c2cc(Cl)c(OCC(=O)O)c(OCC)c2)C1=O. The minimum absolute atomic E-state index is 0.104. The molecule has 3 amide bonds. The number of hydrogen-bond acceptors (Lipinski definition) is 5. The van der Waals surface area contributed by atoms with Crippen LogP contribution in [0.4, 0.5) is 4.79 Å². The molecule has 8 nitrogen and oxygen atoms in total. The number of amides is 3. The van der Waals surface area contributed by atoms with Crippen LogP contribution in [0.1, 0.15) is 25.8 Å². The molecule has 140 valence electrons. The predicted octanol–water partition coefficient (Wildman–Crippen LogP) is 2.50. The molecule has 0 atom stereocenters. The van der Waals surface area contributed by atoms with Crippen molar-refractivity contribution in [3.05, 3.63) is 28.4 Å². The summed E-state index contributed by atoms with van der Waals surface area (Å²) in [6.45, 7) is 3.69. The van der Waals surface area contributed by atoms with Crippen LogP contribution >= 0.6 is 11.6 Å². The third-order valence-corrected chi connectivity index (χ3v) is 3.67. The largest absolute Gasteiger partial charge is 0.490 e. The molecule has 0 aliphatic carbocycles. The van der Waals surface area contributed by atoms with Gasteiger partial charge in [0.1, 0.15) is 5.70 Å². The summed E-state index contributed by atoms with van der Waals surface area (Å²) in [6, 6.07) is 2.58. The highest BCUT2D eigenvalue weighted by atomic mass is 35.5. The fourth-order valence-electron chi connectivity index (χ4n) is 2.37. The lowest BCUT2D eigenvalue weighted by Gasteiger charge is -2.13. The minimum atomic E-state index is -1.15. The van der Waals surface area contributed by atoms with Crippen LogP contribution in [0.2, 0.25) is 5.02 Å². The van der Waals surface area contributed by atoms with Crippen molar-refractivity contribution in [3.63, 3.8) is 0 Å². The Morgan fingerprint density at radius 2 is 2.04 bits per heavy atom. The van der Waals surface area contributed by atoms with Crippen molar-refractivity contribution in [1.29, 1.82) is 0 Å². The van der Waals surface area contributed by atoms with Crippen LogP contribution in [0.25, 0.3) is 6.08 Å². The highest BCUT2D eigenvalue weighted by Gasteiger charge is 2.32. The van der Waals surface area contributed by atoms with Crippen LogP contribution in [0.3, 0.4) is 0 Å². The first kappa shape index (κ1) is 19.6. The number of carboxylic acids is 1. The predicted molar refractivity (Wildman–Crippen MR) is 94.3 cm³/mol. The molecule has 0 aromatic heterocycles. The van der Waals surface area contributed by atoms with Gasteiger partial charge in [-0.05, 0) is 37.1 Å². The normalized spacial score (nSPS) is 15.3. The van der Waals surface area contributed by atoms with Crippen molar-refractivity contribution in [1.82, 2.24) is 10.2 Å². The Balaban J connectivity index is 2.34. The second-order valence-corrected chi connectivity index (χ2v) is 5.80. The number of carbonyl (C=O) groups is 3. The number of imide groups is 1. The summed E-state index contributed by atoms with van der Waals surface area (Å²) in [6.07, 6.45) is 2.13. The highest BCUT2D eigenvalue weighted by molar-refractivity contribution is 6.32. The third-order valence-electron chi connectivity index (χ3n) is 3.39. The average molecular weight is 383 g/mol. The molecule has 1 aliphatic rings. The van der Waals surface area contributed by atoms with E-state index < -0.39 is 24.5 Å². The summed E-state index contributed by atoms with van der Waals surface area (Å²) >= 11 is 6.17. The number of carboxylic acid groups (broad SMARTS) is 1. The Bertz CT molecular complexity index is 762. The number of nitrogens with zero attached hydrogens (tertiary/aromatic N) is 1. The highest BCUT2D eigenvalue weighted by Crippen LogP contribution is 2.37. The summed E-state index contributed by atoms with van der Waals surface area (Å²) in [5.74, 6) is -1.22. The molecule has 2 N–H and O–H groups in total. The zero-order valence-corrected chi connectivity index (χ0v) is 15.1. The lowest BCUT2D eigenvalue weighted by atomic mass is 10.1. The second-order valence-electron chi connectivity index (χ2n) is 5.39. The first-order valence-electron chi connectivity index (χ1n) is 8.02. The quantitative estimate of drug-likeness (QED) is 0.528. The van der Waals surface area contributed by atoms with Gasteiger partial charge in [-0.3, -0.25) is 9.69 Å². The van der Waals surface area contributed by atoms with Gasteiger partial charge >= 0.3 is 12.0 Å². The van der Waals surface area contributed by atoms with Crippen LogP contribution in [0.15, 0.2) is 17.8 Å². The van der Waals surface area contributed by atoms with Crippen LogP contribution in [0, 0.1) is 0 Å². The molecule has 0 radical (unpaired) electrons. The van der Waals surface area contributed by atoms with Crippen molar-refractivity contribution >= 4 is 35.6 Å². The maximum absolute atomic E-state index is 12.3. The number of ether oxygens (including phenoxy) is 2. The van der Waals surface area contributed by atoms with Crippen LogP contribution in [-0.4, -0.2) is 47.7 Å². The summed E-state index contributed by atoms with van der Waals surface area (Å²) < 4.78 is 10.6. The van der Waals surface area contributed by atoms with Crippen molar-refractivity contribution in [2.45, 2.75) is 20.3 Å². The number of halogens is 1. The van der Waals surface area contributed by atoms with Crippen LogP contribution in [0.5, 0.6) is 11.5 Å². The minimum Gasteiger partial charge on any atom is -0.490 e. The fourth-order valence-corrected chi connectivity index (χ4v) is 2.65. The van der Waals surface area contributed by atoms with E-state index in [1.165, 1.54) is 12.1 Å². The van der Waals surface area contributed by atoms with Crippen molar-refractivity contribution in [3.8, 4) is 11.5 Å². The van der Waals surface area contributed by atoms with Gasteiger partial charge in [0.15, 0.2) is 18.1 Å². The zero-order valence-electron chi connectivity index (χ0n) is 14.4. The molecule has 26 heavy (non-hydrogen) atoms. The molecule has 0 saturated carbocycles. The molecule has 1 heterocycles. The van der Waals surface area contributed by atoms with Crippen molar-refractivity contribution in [2.24, 2.45) is 0 Å². The van der Waals surface area contributed by atoms with Gasteiger partial charge in [0.05, 0.1) is 11.6 Å². The van der Waals surface area contributed by atoms with Crippen LogP contribution < -0.4 is 14.8 Å². The third kappa shape index (κ3) is 4.45. The number of rotatable bonds is 8. The van der Waals surface area contributed by atoms with Gasteiger partial charge < -0.3 is 19.9 Å². The number of nitrogens with one attached hydrogen (secondary N) is 1. The maximum atomic E-state index is 12.3. The molecule has 1 aliphatic heterocycles. The van der Waals surface area contributed by atoms with E-state index in [0.29, 0.717) is 25.1 Å². The maximum Gasteiger partial charge on any atom is 0.341 e. The number of carbonyl (C=O) groups excluding carboxylic acids is 2.